The average Bonchev–Trinajstić information content (AvgIpc) is 2.98. The zero-order chi connectivity index (χ0) is 30.2. The summed E-state index contributed by atoms with van der Waals surface area (Å²) in [7, 11) is 0. The summed E-state index contributed by atoms with van der Waals surface area (Å²) in [5.74, 6) is -7.78. The van der Waals surface area contributed by atoms with E-state index < -0.39 is 41.6 Å². The van der Waals surface area contributed by atoms with Crippen LogP contribution in [-0.2, 0) is 25.6 Å². The molecule has 3 unspecified atom stereocenters. The van der Waals surface area contributed by atoms with Crippen LogP contribution in [0.15, 0.2) is 115 Å². The maximum Gasteiger partial charge on any atom is 0.320 e. The van der Waals surface area contributed by atoms with Crippen molar-refractivity contribution >= 4 is 45.2 Å². The average molecular weight is 564 g/mol. The molecule has 0 spiro atoms. The molecular formula is C34H29NO7. The maximum atomic E-state index is 13.5. The van der Waals surface area contributed by atoms with E-state index in [0.717, 1.165) is 16.3 Å². The van der Waals surface area contributed by atoms with Gasteiger partial charge in [-0.25, -0.2) is 0 Å². The molecular weight excluding hydrogens is 534 g/mol. The van der Waals surface area contributed by atoms with Gasteiger partial charge in [0.05, 0.1) is 0 Å². The van der Waals surface area contributed by atoms with Crippen LogP contribution < -0.4 is 5.73 Å². The van der Waals surface area contributed by atoms with Crippen molar-refractivity contribution < 1.29 is 34.5 Å². The Balaban J connectivity index is 0.000000283. The predicted octanol–water partition coefficient (Wildman–Crippen LogP) is 5.24. The van der Waals surface area contributed by atoms with E-state index in [-0.39, 0.29) is 11.1 Å². The second-order valence-electron chi connectivity index (χ2n) is 9.72. The summed E-state index contributed by atoms with van der Waals surface area (Å²) in [4.78, 5) is 48.2. The summed E-state index contributed by atoms with van der Waals surface area (Å²) in [5, 5.41) is 31.2. The third kappa shape index (κ3) is 6.68. The largest absolute Gasteiger partial charge is 0.480 e. The highest BCUT2D eigenvalue weighted by Crippen LogP contribution is 2.34. The lowest BCUT2D eigenvalue weighted by atomic mass is 9.81. The molecule has 0 aliphatic carbocycles. The minimum absolute atomic E-state index is 0.289. The third-order valence-corrected chi connectivity index (χ3v) is 6.95. The van der Waals surface area contributed by atoms with Crippen molar-refractivity contribution in [1.29, 1.82) is 0 Å². The molecule has 0 heterocycles. The van der Waals surface area contributed by atoms with Gasteiger partial charge < -0.3 is 21.1 Å². The Morgan fingerprint density at radius 1 is 0.524 bits per heavy atom. The van der Waals surface area contributed by atoms with Crippen molar-refractivity contribution in [2.24, 2.45) is 5.73 Å². The van der Waals surface area contributed by atoms with E-state index in [1.54, 1.807) is 48.5 Å². The number of hydrogen-bond donors (Lipinski definition) is 4. The van der Waals surface area contributed by atoms with Gasteiger partial charge in [0.15, 0.2) is 5.78 Å². The molecule has 0 fully saturated rings. The number of benzene rings is 5. The first-order valence-corrected chi connectivity index (χ1v) is 13.2. The van der Waals surface area contributed by atoms with Crippen molar-refractivity contribution in [2.45, 2.75) is 24.3 Å². The number of carbonyl (C=O) groups excluding carboxylic acids is 1. The Morgan fingerprint density at radius 2 is 0.929 bits per heavy atom. The number of carbonyl (C=O) groups is 4. The number of aliphatic carboxylic acids is 3. The minimum Gasteiger partial charge on any atom is -0.480 e. The van der Waals surface area contributed by atoms with Crippen LogP contribution in [0.25, 0.3) is 21.5 Å². The van der Waals surface area contributed by atoms with E-state index in [2.05, 4.69) is 0 Å². The van der Waals surface area contributed by atoms with Crippen molar-refractivity contribution in [2.75, 3.05) is 0 Å². The number of rotatable bonds is 9. The zero-order valence-electron chi connectivity index (χ0n) is 22.5. The quantitative estimate of drug-likeness (QED) is 0.178. The number of fused-ring (bicyclic) bond motifs is 2. The van der Waals surface area contributed by atoms with Crippen LogP contribution in [0.4, 0.5) is 0 Å². The van der Waals surface area contributed by atoms with E-state index in [1.807, 2.05) is 66.7 Å². The second kappa shape index (κ2) is 13.3. The van der Waals surface area contributed by atoms with Crippen LogP contribution in [0.2, 0.25) is 0 Å². The molecule has 0 aliphatic rings. The minimum atomic E-state index is -1.60. The molecule has 0 amide bonds. The number of carboxylic acid groups (broad SMARTS) is 3. The maximum absolute atomic E-state index is 13.5. The van der Waals surface area contributed by atoms with Crippen LogP contribution in [0.1, 0.15) is 28.5 Å². The van der Waals surface area contributed by atoms with Crippen molar-refractivity contribution in [3.8, 4) is 0 Å². The van der Waals surface area contributed by atoms with E-state index in [0.29, 0.717) is 17.2 Å². The number of ketones is 1. The molecule has 5 N–H and O–H groups in total. The highest BCUT2D eigenvalue weighted by atomic mass is 16.4. The molecule has 0 aromatic heterocycles. The summed E-state index contributed by atoms with van der Waals surface area (Å²) in [6, 6.07) is 33.0. The zero-order valence-corrected chi connectivity index (χ0v) is 22.5. The highest BCUT2D eigenvalue weighted by Gasteiger charge is 2.39. The number of hydrogen-bond acceptors (Lipinski definition) is 5. The van der Waals surface area contributed by atoms with Gasteiger partial charge in [0.2, 0.25) is 0 Å². The van der Waals surface area contributed by atoms with Gasteiger partial charge in [-0.3, -0.25) is 19.2 Å². The van der Waals surface area contributed by atoms with Crippen LogP contribution >= 0.6 is 0 Å². The first-order valence-electron chi connectivity index (χ1n) is 13.2. The topological polar surface area (TPSA) is 155 Å². The molecule has 0 aliphatic heterocycles. The van der Waals surface area contributed by atoms with Gasteiger partial charge >= 0.3 is 17.9 Å². The van der Waals surface area contributed by atoms with Gasteiger partial charge in [0.25, 0.3) is 0 Å². The number of carboxylic acids is 3. The lowest BCUT2D eigenvalue weighted by Gasteiger charge is -2.20. The Hall–Kier alpha value is -5.34. The van der Waals surface area contributed by atoms with Gasteiger partial charge in [0, 0.05) is 0 Å². The van der Waals surface area contributed by atoms with Crippen molar-refractivity contribution in [3.05, 3.63) is 132 Å². The monoisotopic (exact) mass is 563 g/mol. The molecule has 8 nitrogen and oxygen atoms in total. The molecule has 5 aromatic rings. The Morgan fingerprint density at radius 3 is 1.36 bits per heavy atom. The smallest absolute Gasteiger partial charge is 0.320 e. The van der Waals surface area contributed by atoms with Crippen molar-refractivity contribution in [1.82, 2.24) is 0 Å². The molecule has 5 aromatic carbocycles. The molecule has 0 saturated carbocycles. The van der Waals surface area contributed by atoms with Crippen LogP contribution in [0, 0.1) is 0 Å². The standard InChI is InChI=1S/C25H18O5.C9H11NO2/c26-23(21(24(27)28)19-13-5-9-15-7-1-3-11-17(15)19)22(25(29)30)20-14-6-10-16-8-2-4-12-18(16)20;10-8(9(11)12)6-7-4-2-1-3-5-7/h1-14,21-22H,(H,27,28)(H,29,30);1-5,8H,6,10H2,(H,11,12). The summed E-state index contributed by atoms with van der Waals surface area (Å²) >= 11 is 0. The molecule has 5 rings (SSSR count). The van der Waals surface area contributed by atoms with Gasteiger partial charge in [-0.05, 0) is 44.7 Å². The molecule has 42 heavy (non-hydrogen) atoms. The summed E-state index contributed by atoms with van der Waals surface area (Å²) in [5.41, 5.74) is 6.88. The van der Waals surface area contributed by atoms with Gasteiger partial charge in [-0.15, -0.1) is 0 Å². The molecule has 0 bridgehead atoms. The first kappa shape index (κ1) is 29.6. The molecule has 0 saturated heterocycles. The lowest BCUT2D eigenvalue weighted by Crippen LogP contribution is -2.32. The fourth-order valence-electron chi connectivity index (χ4n) is 4.94. The molecule has 212 valence electrons. The highest BCUT2D eigenvalue weighted by molar-refractivity contribution is 6.17. The normalized spacial score (nSPS) is 12.9. The summed E-state index contributed by atoms with van der Waals surface area (Å²) in [6.07, 6.45) is 0.385. The lowest BCUT2D eigenvalue weighted by molar-refractivity contribution is -0.147. The fourth-order valence-corrected chi connectivity index (χ4v) is 4.94. The SMILES string of the molecule is NC(Cc1ccccc1)C(=O)O.O=C(O)C(C(=O)C(C(=O)O)c1cccc2ccccc12)c1cccc2ccccc12. The van der Waals surface area contributed by atoms with E-state index >= 15 is 0 Å². The van der Waals surface area contributed by atoms with Crippen LogP contribution in [0.5, 0.6) is 0 Å². The Kier molecular flexibility index (Phi) is 9.42. The molecule has 3 atom stereocenters. The number of nitrogens with two attached hydrogens (primary N) is 1. The summed E-state index contributed by atoms with van der Waals surface area (Å²) < 4.78 is 0. The second-order valence-corrected chi connectivity index (χ2v) is 9.72. The van der Waals surface area contributed by atoms with E-state index in [1.165, 1.54) is 0 Å². The Labute approximate surface area is 241 Å². The molecule has 8 heteroatoms. The van der Waals surface area contributed by atoms with Crippen molar-refractivity contribution in [3.63, 3.8) is 0 Å². The third-order valence-electron chi connectivity index (χ3n) is 6.95. The van der Waals surface area contributed by atoms with Crippen LogP contribution in [-0.4, -0.2) is 45.1 Å². The van der Waals surface area contributed by atoms with Gasteiger partial charge in [0.1, 0.15) is 17.9 Å². The summed E-state index contributed by atoms with van der Waals surface area (Å²) in [6.45, 7) is 0. The van der Waals surface area contributed by atoms with E-state index in [9.17, 15) is 29.4 Å². The fraction of sp³-hybridized carbons (Fsp3) is 0.118. The Bertz CT molecular complexity index is 1640. The van der Waals surface area contributed by atoms with Crippen LogP contribution in [0.3, 0.4) is 0 Å². The van der Waals surface area contributed by atoms with E-state index in [4.69, 9.17) is 10.8 Å². The molecule has 0 radical (unpaired) electrons. The first-order chi connectivity index (χ1) is 20.2. The predicted molar refractivity (Wildman–Crippen MR) is 159 cm³/mol. The van der Waals surface area contributed by atoms with Gasteiger partial charge in [-0.1, -0.05) is 115 Å². The van der Waals surface area contributed by atoms with Gasteiger partial charge in [-0.2, -0.15) is 0 Å². The number of Topliss-reactive ketones (excluding diaryl/α,β-unsaturated/α-hetero) is 1.